The molecular weight excluding hydrogens is 566 g/mol. The van der Waals surface area contributed by atoms with Crippen molar-refractivity contribution in [3.8, 4) is 0 Å². The summed E-state index contributed by atoms with van der Waals surface area (Å²) < 4.78 is 0. The highest BCUT2D eigenvalue weighted by atomic mass is 16.3. The van der Waals surface area contributed by atoms with Gasteiger partial charge in [0.1, 0.15) is 0 Å². The van der Waals surface area contributed by atoms with Crippen molar-refractivity contribution in [2.24, 2.45) is 5.92 Å². The Kier molecular flexibility index (Phi) is 8.88. The highest BCUT2D eigenvalue weighted by Gasteiger charge is 2.53. The van der Waals surface area contributed by atoms with Crippen molar-refractivity contribution >= 4 is 34.8 Å². The van der Waals surface area contributed by atoms with Crippen LogP contribution in [0, 0.1) is 5.92 Å². The molecule has 2 N–H and O–H groups in total. The van der Waals surface area contributed by atoms with Gasteiger partial charge in [-0.05, 0) is 60.7 Å². The Morgan fingerprint density at radius 3 is 2.47 bits per heavy atom. The summed E-state index contributed by atoms with van der Waals surface area (Å²) in [6, 6.07) is 22.4. The number of rotatable bonds is 7. The average Bonchev–Trinajstić information content (AvgIpc) is 3.28. The predicted molar refractivity (Wildman–Crippen MR) is 174 cm³/mol. The molecule has 3 heterocycles. The van der Waals surface area contributed by atoms with Crippen LogP contribution in [0.2, 0.25) is 0 Å². The Balaban J connectivity index is 1.28. The van der Waals surface area contributed by atoms with E-state index in [9.17, 15) is 24.6 Å². The SMILES string of the molecule is C[C@@H](/C=C/CC(=O)N1Cc2ccccc2C[C@H]1CO)[C@]1(O)C(=O)N(c2ccccc2)c2ccc(N3CCCCCCC3=O)cc21. The minimum Gasteiger partial charge on any atom is -0.394 e. The first-order valence-corrected chi connectivity index (χ1v) is 16.0. The maximum Gasteiger partial charge on any atom is 0.268 e. The van der Waals surface area contributed by atoms with E-state index in [0.29, 0.717) is 48.6 Å². The van der Waals surface area contributed by atoms with Gasteiger partial charge in [0.2, 0.25) is 11.8 Å². The van der Waals surface area contributed by atoms with Crippen LogP contribution in [0.25, 0.3) is 0 Å². The first kappa shape index (κ1) is 30.7. The van der Waals surface area contributed by atoms with Crippen LogP contribution in [0.1, 0.15) is 62.1 Å². The molecule has 8 heteroatoms. The van der Waals surface area contributed by atoms with Gasteiger partial charge in [0, 0.05) is 48.8 Å². The van der Waals surface area contributed by atoms with Crippen molar-refractivity contribution in [1.29, 1.82) is 0 Å². The fraction of sp³-hybridized carbons (Fsp3) is 0.378. The summed E-state index contributed by atoms with van der Waals surface area (Å²) in [5, 5.41) is 22.3. The average molecular weight is 608 g/mol. The maximum absolute atomic E-state index is 14.2. The molecule has 0 saturated carbocycles. The number of hydrogen-bond donors (Lipinski definition) is 2. The number of benzene rings is 3. The molecule has 3 aliphatic heterocycles. The van der Waals surface area contributed by atoms with Gasteiger partial charge in [-0.1, -0.05) is 74.4 Å². The normalized spacial score (nSPS) is 22.6. The molecule has 0 bridgehead atoms. The molecule has 3 aromatic carbocycles. The van der Waals surface area contributed by atoms with Crippen LogP contribution >= 0.6 is 0 Å². The first-order chi connectivity index (χ1) is 21.8. The molecular formula is C37H41N3O5. The van der Waals surface area contributed by atoms with Gasteiger partial charge in [0.15, 0.2) is 5.60 Å². The fourth-order valence-electron chi connectivity index (χ4n) is 6.97. The summed E-state index contributed by atoms with van der Waals surface area (Å²) in [4.78, 5) is 45.7. The standard InChI is InChI=1S/C37H41N3O5/c1-26(12-11-18-35(43)39-24-28-14-9-8-13-27(28)22-31(39)25-41)37(45)32-23-30(38-21-10-3-2-7-17-34(38)42)19-20-33(32)40(36(37)44)29-15-5-4-6-16-29/h4-6,8-9,11-16,19-20,23,26,31,41,45H,2-3,7,10,17-18,21-22,24-25H2,1H3/b12-11+/t26-,31-,37+/m0/s1. The molecule has 3 amide bonds. The van der Waals surface area contributed by atoms with Crippen molar-refractivity contribution in [1.82, 2.24) is 4.90 Å². The molecule has 0 radical (unpaired) electrons. The van der Waals surface area contributed by atoms with Crippen molar-refractivity contribution in [2.75, 3.05) is 23.0 Å². The van der Waals surface area contributed by atoms with Crippen molar-refractivity contribution in [2.45, 2.75) is 70.1 Å². The summed E-state index contributed by atoms with van der Waals surface area (Å²) >= 11 is 0. The molecule has 0 aliphatic carbocycles. The van der Waals surface area contributed by atoms with Crippen LogP contribution in [-0.4, -0.2) is 52.0 Å². The van der Waals surface area contributed by atoms with Gasteiger partial charge in [-0.25, -0.2) is 0 Å². The topological polar surface area (TPSA) is 101 Å². The Hall–Kier alpha value is -4.27. The number of nitrogens with zero attached hydrogens (tertiary/aromatic N) is 3. The van der Waals surface area contributed by atoms with E-state index in [0.717, 1.165) is 36.8 Å². The van der Waals surface area contributed by atoms with Gasteiger partial charge < -0.3 is 20.0 Å². The van der Waals surface area contributed by atoms with Crippen molar-refractivity contribution in [3.05, 3.63) is 102 Å². The maximum atomic E-state index is 14.2. The first-order valence-electron chi connectivity index (χ1n) is 16.0. The lowest BCUT2D eigenvalue weighted by Gasteiger charge is -2.36. The van der Waals surface area contributed by atoms with Gasteiger partial charge >= 0.3 is 0 Å². The lowest BCUT2D eigenvalue weighted by molar-refractivity contribution is -0.138. The number of anilines is 3. The van der Waals surface area contributed by atoms with Crippen molar-refractivity contribution in [3.63, 3.8) is 0 Å². The molecule has 6 rings (SSSR count). The molecule has 3 aliphatic rings. The molecule has 0 unspecified atom stereocenters. The number of amides is 3. The number of hydrogen-bond acceptors (Lipinski definition) is 5. The summed E-state index contributed by atoms with van der Waals surface area (Å²) in [6.45, 7) is 2.68. The number of para-hydroxylation sites is 1. The van der Waals surface area contributed by atoms with Gasteiger partial charge in [-0.3, -0.25) is 19.3 Å². The van der Waals surface area contributed by atoms with E-state index in [1.165, 1.54) is 0 Å². The summed E-state index contributed by atoms with van der Waals surface area (Å²) in [7, 11) is 0. The van der Waals surface area contributed by atoms with Gasteiger partial charge in [0.05, 0.1) is 18.3 Å². The Bertz CT molecular complexity index is 1600. The minimum absolute atomic E-state index is 0.0513. The largest absolute Gasteiger partial charge is 0.394 e. The number of fused-ring (bicyclic) bond motifs is 2. The zero-order valence-corrected chi connectivity index (χ0v) is 25.8. The van der Waals surface area contributed by atoms with Crippen LogP contribution in [0.15, 0.2) is 84.9 Å². The van der Waals surface area contributed by atoms with E-state index in [4.69, 9.17) is 0 Å². The van der Waals surface area contributed by atoms with E-state index >= 15 is 0 Å². The molecule has 45 heavy (non-hydrogen) atoms. The third kappa shape index (κ3) is 5.80. The van der Waals surface area contributed by atoms with Gasteiger partial charge in [-0.2, -0.15) is 0 Å². The predicted octanol–water partition coefficient (Wildman–Crippen LogP) is 5.38. The highest BCUT2D eigenvalue weighted by Crippen LogP contribution is 2.49. The zero-order chi connectivity index (χ0) is 31.6. The Labute approximate surface area is 264 Å². The third-order valence-corrected chi connectivity index (χ3v) is 9.57. The second kappa shape index (κ2) is 13.0. The number of carbonyl (C=O) groups is 3. The number of aliphatic hydroxyl groups excluding tert-OH is 1. The molecule has 3 atom stereocenters. The minimum atomic E-state index is -1.91. The molecule has 8 nitrogen and oxygen atoms in total. The van der Waals surface area contributed by atoms with E-state index in [1.807, 2.05) is 66.7 Å². The molecule has 3 aromatic rings. The fourth-order valence-corrected chi connectivity index (χ4v) is 6.97. The van der Waals surface area contributed by atoms with Crippen LogP contribution in [0.4, 0.5) is 17.1 Å². The lowest BCUT2D eigenvalue weighted by Crippen LogP contribution is -2.46. The second-order valence-corrected chi connectivity index (χ2v) is 12.4. The summed E-state index contributed by atoms with van der Waals surface area (Å²) in [5.41, 5.74) is 2.64. The monoisotopic (exact) mass is 607 g/mol. The molecule has 1 saturated heterocycles. The third-order valence-electron chi connectivity index (χ3n) is 9.57. The van der Waals surface area contributed by atoms with Crippen LogP contribution in [-0.2, 0) is 33.0 Å². The second-order valence-electron chi connectivity index (χ2n) is 12.4. The van der Waals surface area contributed by atoms with E-state index in [-0.39, 0.29) is 30.9 Å². The smallest absolute Gasteiger partial charge is 0.268 e. The van der Waals surface area contributed by atoms with Crippen molar-refractivity contribution < 1.29 is 24.6 Å². The zero-order valence-electron chi connectivity index (χ0n) is 25.8. The Morgan fingerprint density at radius 2 is 1.69 bits per heavy atom. The van der Waals surface area contributed by atoms with Gasteiger partial charge in [0.25, 0.3) is 5.91 Å². The molecule has 0 aromatic heterocycles. The number of carbonyl (C=O) groups excluding carboxylic acids is 3. The highest BCUT2D eigenvalue weighted by molar-refractivity contribution is 6.12. The van der Waals surface area contributed by atoms with Crippen LogP contribution in [0.3, 0.4) is 0 Å². The molecule has 1 fully saturated rings. The molecule has 234 valence electrons. The summed E-state index contributed by atoms with van der Waals surface area (Å²) in [5.74, 6) is -1.23. The Morgan fingerprint density at radius 1 is 0.956 bits per heavy atom. The van der Waals surface area contributed by atoms with Gasteiger partial charge in [-0.15, -0.1) is 0 Å². The van der Waals surface area contributed by atoms with E-state index in [1.54, 1.807) is 39.8 Å². The van der Waals surface area contributed by atoms with Crippen LogP contribution < -0.4 is 9.80 Å². The molecule has 0 spiro atoms. The number of aliphatic hydroxyl groups is 2. The quantitative estimate of drug-likeness (QED) is 0.352. The summed E-state index contributed by atoms with van der Waals surface area (Å²) in [6.07, 6.45) is 8.44. The van der Waals surface area contributed by atoms with Crippen LogP contribution in [0.5, 0.6) is 0 Å². The lowest BCUT2D eigenvalue weighted by atomic mass is 9.82. The van der Waals surface area contributed by atoms with E-state index < -0.39 is 17.4 Å². The van der Waals surface area contributed by atoms with E-state index in [2.05, 4.69) is 0 Å².